The highest BCUT2D eigenvalue weighted by atomic mass is 16.8. The van der Waals surface area contributed by atoms with Gasteiger partial charge < -0.3 is 19.7 Å². The quantitative estimate of drug-likeness (QED) is 0.245. The van der Waals surface area contributed by atoms with Crippen molar-refractivity contribution in [3.63, 3.8) is 0 Å². The predicted molar refractivity (Wildman–Crippen MR) is 90.7 cm³/mol. The molecule has 0 aromatic rings. The van der Waals surface area contributed by atoms with Crippen molar-refractivity contribution < 1.29 is 29.3 Å². The molecule has 2 N–H and O–H groups in total. The SMILES string of the molecule is C=C(C)C(=O)OC(O)(CC(CC)CCCCCO)OC(=O)C(=C)C. The van der Waals surface area contributed by atoms with E-state index in [1.165, 1.54) is 13.8 Å². The zero-order valence-corrected chi connectivity index (χ0v) is 15.0. The number of esters is 2. The van der Waals surface area contributed by atoms with Crippen molar-refractivity contribution >= 4 is 11.9 Å². The van der Waals surface area contributed by atoms with Gasteiger partial charge in [0.15, 0.2) is 0 Å². The fourth-order valence-electron chi connectivity index (χ4n) is 2.11. The van der Waals surface area contributed by atoms with Crippen LogP contribution in [0.15, 0.2) is 24.3 Å². The zero-order valence-electron chi connectivity index (χ0n) is 15.0. The van der Waals surface area contributed by atoms with Crippen molar-refractivity contribution in [2.75, 3.05) is 6.61 Å². The molecule has 6 heteroatoms. The second-order valence-corrected chi connectivity index (χ2v) is 6.10. The first-order chi connectivity index (χ1) is 11.1. The molecule has 0 bridgehead atoms. The van der Waals surface area contributed by atoms with Crippen molar-refractivity contribution in [1.29, 1.82) is 0 Å². The highest BCUT2D eigenvalue weighted by molar-refractivity contribution is 5.88. The molecule has 0 radical (unpaired) electrons. The lowest BCUT2D eigenvalue weighted by Crippen LogP contribution is -2.42. The third-order valence-electron chi connectivity index (χ3n) is 3.60. The molecule has 0 spiro atoms. The Morgan fingerprint density at radius 2 is 1.54 bits per heavy atom. The topological polar surface area (TPSA) is 93.1 Å². The second-order valence-electron chi connectivity index (χ2n) is 6.10. The van der Waals surface area contributed by atoms with Crippen LogP contribution in [0.25, 0.3) is 0 Å². The molecule has 0 saturated heterocycles. The van der Waals surface area contributed by atoms with Crippen LogP contribution in [-0.2, 0) is 19.1 Å². The van der Waals surface area contributed by atoms with Gasteiger partial charge >= 0.3 is 17.9 Å². The maximum Gasteiger partial charge on any atom is 0.373 e. The molecular weight excluding hydrogens is 312 g/mol. The largest absolute Gasteiger partial charge is 0.396 e. The summed E-state index contributed by atoms with van der Waals surface area (Å²) in [5.74, 6) is -4.02. The average Bonchev–Trinajstić information content (AvgIpc) is 2.49. The Morgan fingerprint density at radius 3 is 1.92 bits per heavy atom. The fourth-order valence-corrected chi connectivity index (χ4v) is 2.11. The van der Waals surface area contributed by atoms with Gasteiger partial charge in [0.25, 0.3) is 0 Å². The number of rotatable bonds is 12. The van der Waals surface area contributed by atoms with E-state index in [1.54, 1.807) is 0 Å². The molecule has 1 atom stereocenters. The summed E-state index contributed by atoms with van der Waals surface area (Å²) in [5.41, 5.74) is 0.187. The van der Waals surface area contributed by atoms with Gasteiger partial charge in [0, 0.05) is 17.8 Å². The van der Waals surface area contributed by atoms with E-state index in [4.69, 9.17) is 14.6 Å². The van der Waals surface area contributed by atoms with E-state index >= 15 is 0 Å². The van der Waals surface area contributed by atoms with Gasteiger partial charge in [-0.1, -0.05) is 45.8 Å². The highest BCUT2D eigenvalue weighted by Crippen LogP contribution is 2.28. The fraction of sp³-hybridized carbons (Fsp3) is 0.667. The van der Waals surface area contributed by atoms with Gasteiger partial charge in [-0.2, -0.15) is 0 Å². The number of hydrogen-bond acceptors (Lipinski definition) is 6. The van der Waals surface area contributed by atoms with Crippen molar-refractivity contribution in [2.24, 2.45) is 5.92 Å². The van der Waals surface area contributed by atoms with E-state index in [0.29, 0.717) is 0 Å². The monoisotopic (exact) mass is 342 g/mol. The summed E-state index contributed by atoms with van der Waals surface area (Å²) in [4.78, 5) is 23.5. The minimum absolute atomic E-state index is 0.00969. The van der Waals surface area contributed by atoms with Crippen LogP contribution in [0.4, 0.5) is 0 Å². The Hall–Kier alpha value is -1.66. The van der Waals surface area contributed by atoms with Crippen molar-refractivity contribution in [2.45, 2.75) is 65.3 Å². The van der Waals surface area contributed by atoms with Gasteiger partial charge in [0.05, 0.1) is 6.42 Å². The minimum atomic E-state index is -2.34. The first-order valence-corrected chi connectivity index (χ1v) is 8.26. The summed E-state index contributed by atoms with van der Waals surface area (Å²) >= 11 is 0. The summed E-state index contributed by atoms with van der Waals surface area (Å²) in [5, 5.41) is 19.4. The lowest BCUT2D eigenvalue weighted by atomic mass is 9.94. The smallest absolute Gasteiger partial charge is 0.373 e. The molecule has 1 unspecified atom stereocenters. The van der Waals surface area contributed by atoms with Crippen LogP contribution < -0.4 is 0 Å². The molecule has 0 amide bonds. The Balaban J connectivity index is 5.00. The first-order valence-electron chi connectivity index (χ1n) is 8.26. The van der Waals surface area contributed by atoms with E-state index in [1.807, 2.05) is 6.92 Å². The Kier molecular flexibility index (Phi) is 10.2. The summed E-state index contributed by atoms with van der Waals surface area (Å²) < 4.78 is 9.95. The highest BCUT2D eigenvalue weighted by Gasteiger charge is 2.39. The molecule has 0 saturated carbocycles. The van der Waals surface area contributed by atoms with Crippen LogP contribution in [0.3, 0.4) is 0 Å². The lowest BCUT2D eigenvalue weighted by Gasteiger charge is -2.30. The van der Waals surface area contributed by atoms with Crippen molar-refractivity contribution in [1.82, 2.24) is 0 Å². The number of carbonyl (C=O) groups is 2. The number of ether oxygens (including phenoxy) is 2. The molecule has 0 aliphatic heterocycles. The van der Waals surface area contributed by atoms with Gasteiger partial charge in [0.1, 0.15) is 0 Å². The van der Waals surface area contributed by atoms with Crippen molar-refractivity contribution in [3.8, 4) is 0 Å². The third kappa shape index (κ3) is 8.84. The van der Waals surface area contributed by atoms with E-state index in [2.05, 4.69) is 13.2 Å². The molecule has 0 aromatic heterocycles. The zero-order chi connectivity index (χ0) is 18.8. The average molecular weight is 342 g/mol. The second kappa shape index (κ2) is 11.0. The molecule has 6 nitrogen and oxygen atoms in total. The minimum Gasteiger partial charge on any atom is -0.396 e. The van der Waals surface area contributed by atoms with Crippen LogP contribution in [0, 0.1) is 5.92 Å². The van der Waals surface area contributed by atoms with Crippen LogP contribution in [-0.4, -0.2) is 34.7 Å². The molecule has 138 valence electrons. The molecular formula is C18H30O6. The van der Waals surface area contributed by atoms with Crippen LogP contribution >= 0.6 is 0 Å². The third-order valence-corrected chi connectivity index (χ3v) is 3.60. The summed E-state index contributed by atoms with van der Waals surface area (Å²) in [7, 11) is 0. The van der Waals surface area contributed by atoms with E-state index in [-0.39, 0.29) is 30.1 Å². The molecule has 0 aliphatic carbocycles. The Bertz CT molecular complexity index is 426. The molecule has 0 aromatic carbocycles. The number of aliphatic hydroxyl groups is 2. The number of aliphatic hydroxyl groups excluding tert-OH is 1. The van der Waals surface area contributed by atoms with Gasteiger partial charge in [0.2, 0.25) is 0 Å². The number of unbranched alkanes of at least 4 members (excludes halogenated alkanes) is 2. The summed E-state index contributed by atoms with van der Waals surface area (Å²) in [6, 6.07) is 0. The standard InChI is InChI=1S/C18H30O6/c1-6-15(10-8-7-9-11-19)12-18(22,23-16(20)13(2)3)24-17(21)14(4)5/h15,19,22H,2,4,6-12H2,1,3,5H3. The lowest BCUT2D eigenvalue weighted by molar-refractivity contribution is -0.329. The normalized spacial score (nSPS) is 12.4. The maximum absolute atomic E-state index is 11.8. The molecule has 0 rings (SSSR count). The van der Waals surface area contributed by atoms with Crippen molar-refractivity contribution in [3.05, 3.63) is 24.3 Å². The van der Waals surface area contributed by atoms with Gasteiger partial charge in [-0.05, 0) is 26.2 Å². The maximum atomic E-state index is 11.8. The van der Waals surface area contributed by atoms with Gasteiger partial charge in [-0.3, -0.25) is 0 Å². The van der Waals surface area contributed by atoms with E-state index < -0.39 is 17.9 Å². The summed E-state index contributed by atoms with van der Waals surface area (Å²) in [6.45, 7) is 11.9. The predicted octanol–water partition coefficient (Wildman–Crippen LogP) is 2.84. The number of carbonyl (C=O) groups excluding carboxylic acids is 2. The molecule has 24 heavy (non-hydrogen) atoms. The summed E-state index contributed by atoms with van der Waals surface area (Å²) in [6.07, 6.45) is 3.89. The molecule has 0 heterocycles. The van der Waals surface area contributed by atoms with E-state index in [0.717, 1.165) is 32.1 Å². The van der Waals surface area contributed by atoms with Crippen LogP contribution in [0.5, 0.6) is 0 Å². The Morgan fingerprint density at radius 1 is 1.04 bits per heavy atom. The Labute approximate surface area is 144 Å². The van der Waals surface area contributed by atoms with Crippen LogP contribution in [0.2, 0.25) is 0 Å². The van der Waals surface area contributed by atoms with E-state index in [9.17, 15) is 14.7 Å². The van der Waals surface area contributed by atoms with Crippen LogP contribution in [0.1, 0.15) is 59.3 Å². The first kappa shape index (κ1) is 22.3. The molecule has 0 aliphatic rings. The molecule has 0 fully saturated rings. The van der Waals surface area contributed by atoms with Gasteiger partial charge in [-0.25, -0.2) is 9.59 Å². The number of hydrogen-bond donors (Lipinski definition) is 2. The van der Waals surface area contributed by atoms with Gasteiger partial charge in [-0.15, -0.1) is 0 Å².